The Kier molecular flexibility index (Phi) is 4.28. The van der Waals surface area contributed by atoms with Gasteiger partial charge in [-0.1, -0.05) is 6.92 Å². The molecule has 0 aromatic carbocycles. The summed E-state index contributed by atoms with van der Waals surface area (Å²) in [6, 6.07) is 3.75. The molecule has 1 aromatic rings. The van der Waals surface area contributed by atoms with Crippen molar-refractivity contribution in [3.8, 4) is 0 Å². The number of anilines is 1. The second kappa shape index (κ2) is 5.79. The van der Waals surface area contributed by atoms with Gasteiger partial charge in [0.15, 0.2) is 0 Å². The number of nitrogens with zero attached hydrogens (tertiary/aromatic N) is 3. The third-order valence-electron chi connectivity index (χ3n) is 3.81. The first-order valence-electron chi connectivity index (χ1n) is 7.02. The minimum Gasteiger partial charge on any atom is -0.372 e. The molecule has 1 atom stereocenters. The minimum absolute atomic E-state index is 0.0237. The van der Waals surface area contributed by atoms with Crippen LogP contribution < -0.4 is 4.90 Å². The van der Waals surface area contributed by atoms with Crippen LogP contribution in [0.5, 0.6) is 0 Å². The van der Waals surface area contributed by atoms with Gasteiger partial charge in [-0.3, -0.25) is 4.79 Å². The van der Waals surface area contributed by atoms with E-state index in [0.29, 0.717) is 12.2 Å². The van der Waals surface area contributed by atoms with Gasteiger partial charge in [-0.2, -0.15) is 0 Å². The van der Waals surface area contributed by atoms with Crippen molar-refractivity contribution in [2.75, 3.05) is 38.7 Å². The van der Waals surface area contributed by atoms with Crippen LogP contribution in [0.15, 0.2) is 18.3 Å². The summed E-state index contributed by atoms with van der Waals surface area (Å²) in [5, 5.41) is 0. The summed E-state index contributed by atoms with van der Waals surface area (Å²) in [6.07, 6.45) is 2.62. The number of carbonyl (C=O) groups is 1. The first kappa shape index (κ1) is 14.8. The quantitative estimate of drug-likeness (QED) is 0.845. The second-order valence-electron chi connectivity index (χ2n) is 5.68. The van der Waals surface area contributed by atoms with Crippen molar-refractivity contribution in [3.05, 3.63) is 23.9 Å². The highest BCUT2D eigenvalue weighted by molar-refractivity contribution is 5.93. The van der Waals surface area contributed by atoms with Crippen molar-refractivity contribution in [2.24, 2.45) is 0 Å². The molecule has 0 bridgehead atoms. The number of amides is 1. The zero-order chi connectivity index (χ0) is 14.8. The maximum absolute atomic E-state index is 11.8. The smallest absolute Gasteiger partial charge is 0.254 e. The summed E-state index contributed by atoms with van der Waals surface area (Å²) < 4.78 is 5.83. The Hall–Kier alpha value is -1.62. The molecule has 2 rings (SSSR count). The predicted molar refractivity (Wildman–Crippen MR) is 79.1 cm³/mol. The molecule has 2 heterocycles. The fourth-order valence-electron chi connectivity index (χ4n) is 2.30. The lowest BCUT2D eigenvalue weighted by molar-refractivity contribution is -0.0443. The number of hydrogen-bond donors (Lipinski definition) is 0. The van der Waals surface area contributed by atoms with Gasteiger partial charge in [0.05, 0.1) is 17.8 Å². The molecule has 1 fully saturated rings. The topological polar surface area (TPSA) is 45.7 Å². The maximum Gasteiger partial charge on any atom is 0.254 e. The van der Waals surface area contributed by atoms with E-state index in [1.165, 1.54) is 0 Å². The van der Waals surface area contributed by atoms with Gasteiger partial charge in [-0.15, -0.1) is 0 Å². The molecule has 0 spiro atoms. The van der Waals surface area contributed by atoms with E-state index in [1.807, 2.05) is 12.1 Å². The van der Waals surface area contributed by atoms with E-state index in [4.69, 9.17) is 4.74 Å². The summed E-state index contributed by atoms with van der Waals surface area (Å²) in [6.45, 7) is 6.64. The molecule has 0 N–H and O–H groups in total. The van der Waals surface area contributed by atoms with Crippen LogP contribution in [0.3, 0.4) is 0 Å². The summed E-state index contributed by atoms with van der Waals surface area (Å²) in [7, 11) is 3.48. The van der Waals surface area contributed by atoms with E-state index < -0.39 is 0 Å². The number of aromatic nitrogens is 1. The zero-order valence-corrected chi connectivity index (χ0v) is 12.7. The van der Waals surface area contributed by atoms with Crippen molar-refractivity contribution in [2.45, 2.75) is 25.9 Å². The lowest BCUT2D eigenvalue weighted by atomic mass is 10.0. The Balaban J connectivity index is 2.12. The van der Waals surface area contributed by atoms with E-state index in [-0.39, 0.29) is 11.5 Å². The van der Waals surface area contributed by atoms with E-state index in [2.05, 4.69) is 23.7 Å². The summed E-state index contributed by atoms with van der Waals surface area (Å²) in [5.74, 6) is 0.882. The Morgan fingerprint density at radius 2 is 2.25 bits per heavy atom. The van der Waals surface area contributed by atoms with Gasteiger partial charge in [0.1, 0.15) is 5.82 Å². The third kappa shape index (κ3) is 3.10. The van der Waals surface area contributed by atoms with Crippen molar-refractivity contribution in [1.82, 2.24) is 9.88 Å². The van der Waals surface area contributed by atoms with Crippen molar-refractivity contribution in [3.63, 3.8) is 0 Å². The number of hydrogen-bond acceptors (Lipinski definition) is 4. The van der Waals surface area contributed by atoms with Crippen LogP contribution in [0.4, 0.5) is 5.82 Å². The van der Waals surface area contributed by atoms with Crippen LogP contribution in [0.2, 0.25) is 0 Å². The first-order valence-corrected chi connectivity index (χ1v) is 7.02. The molecule has 5 heteroatoms. The van der Waals surface area contributed by atoms with Gasteiger partial charge in [0.2, 0.25) is 0 Å². The summed E-state index contributed by atoms with van der Waals surface area (Å²) in [4.78, 5) is 20.0. The van der Waals surface area contributed by atoms with Crippen molar-refractivity contribution >= 4 is 11.7 Å². The SMILES string of the molecule is CCC1(C)CN(c2ccc(C(=O)N(C)C)cn2)CCO1. The standard InChI is InChI=1S/C15H23N3O2/c1-5-15(2)11-18(8-9-20-15)13-7-6-12(10-16-13)14(19)17(3)4/h6-7,10H,5,8-9,11H2,1-4H3. The molecule has 1 aromatic heterocycles. The lowest BCUT2D eigenvalue weighted by Crippen LogP contribution is -2.50. The van der Waals surface area contributed by atoms with E-state index in [1.54, 1.807) is 25.2 Å². The maximum atomic E-state index is 11.8. The monoisotopic (exact) mass is 277 g/mol. The van der Waals surface area contributed by atoms with Crippen LogP contribution in [0.25, 0.3) is 0 Å². The number of pyridine rings is 1. The highest BCUT2D eigenvalue weighted by atomic mass is 16.5. The minimum atomic E-state index is -0.113. The predicted octanol–water partition coefficient (Wildman–Crippen LogP) is 1.79. The molecule has 1 unspecified atom stereocenters. The molecular formula is C15H23N3O2. The highest BCUT2D eigenvalue weighted by Gasteiger charge is 2.30. The summed E-state index contributed by atoms with van der Waals surface area (Å²) in [5.41, 5.74) is 0.503. The molecule has 5 nitrogen and oxygen atoms in total. The van der Waals surface area contributed by atoms with Crippen LogP contribution in [0.1, 0.15) is 30.6 Å². The highest BCUT2D eigenvalue weighted by Crippen LogP contribution is 2.24. The molecule has 1 saturated heterocycles. The normalized spacial score (nSPS) is 22.7. The van der Waals surface area contributed by atoms with Crippen LogP contribution in [-0.2, 0) is 4.74 Å². The van der Waals surface area contributed by atoms with Crippen LogP contribution in [0, 0.1) is 0 Å². The fraction of sp³-hybridized carbons (Fsp3) is 0.600. The van der Waals surface area contributed by atoms with Crippen LogP contribution >= 0.6 is 0 Å². The molecule has 20 heavy (non-hydrogen) atoms. The van der Waals surface area contributed by atoms with E-state index in [9.17, 15) is 4.79 Å². The van der Waals surface area contributed by atoms with Gasteiger partial charge < -0.3 is 14.5 Å². The molecule has 0 saturated carbocycles. The van der Waals surface area contributed by atoms with Gasteiger partial charge in [0.25, 0.3) is 5.91 Å². The average Bonchev–Trinajstić information content (AvgIpc) is 2.46. The number of morpholine rings is 1. The Bertz CT molecular complexity index is 473. The Labute approximate surface area is 120 Å². The Morgan fingerprint density at radius 1 is 1.50 bits per heavy atom. The fourth-order valence-corrected chi connectivity index (χ4v) is 2.30. The molecule has 0 aliphatic carbocycles. The molecule has 1 aliphatic heterocycles. The van der Waals surface area contributed by atoms with Crippen molar-refractivity contribution < 1.29 is 9.53 Å². The second-order valence-corrected chi connectivity index (χ2v) is 5.68. The summed E-state index contributed by atoms with van der Waals surface area (Å²) >= 11 is 0. The van der Waals surface area contributed by atoms with Crippen molar-refractivity contribution in [1.29, 1.82) is 0 Å². The zero-order valence-electron chi connectivity index (χ0n) is 12.7. The van der Waals surface area contributed by atoms with E-state index >= 15 is 0 Å². The van der Waals surface area contributed by atoms with Gasteiger partial charge in [-0.25, -0.2) is 4.98 Å². The lowest BCUT2D eigenvalue weighted by Gasteiger charge is -2.40. The Morgan fingerprint density at radius 3 is 2.80 bits per heavy atom. The average molecular weight is 277 g/mol. The third-order valence-corrected chi connectivity index (χ3v) is 3.81. The number of ether oxygens (including phenoxy) is 1. The largest absolute Gasteiger partial charge is 0.372 e. The van der Waals surface area contributed by atoms with E-state index in [0.717, 1.165) is 25.3 Å². The molecule has 110 valence electrons. The number of rotatable bonds is 3. The van der Waals surface area contributed by atoms with Gasteiger partial charge >= 0.3 is 0 Å². The molecule has 0 radical (unpaired) electrons. The molecular weight excluding hydrogens is 254 g/mol. The molecule has 1 aliphatic rings. The first-order chi connectivity index (χ1) is 9.45. The van der Waals surface area contributed by atoms with Gasteiger partial charge in [0, 0.05) is 33.4 Å². The van der Waals surface area contributed by atoms with Gasteiger partial charge in [-0.05, 0) is 25.5 Å². The van der Waals surface area contributed by atoms with Crippen LogP contribution in [-0.4, -0.2) is 55.2 Å². The number of carbonyl (C=O) groups excluding carboxylic acids is 1. The molecule has 1 amide bonds.